The zero-order chi connectivity index (χ0) is 27.8. The number of fused-ring (bicyclic) bond motifs is 1. The first-order valence-corrected chi connectivity index (χ1v) is 12.1. The number of halogens is 2. The summed E-state index contributed by atoms with van der Waals surface area (Å²) in [5.74, 6) is -2.01. The van der Waals surface area contributed by atoms with Crippen LogP contribution in [0.2, 0.25) is 0 Å². The lowest BCUT2D eigenvalue weighted by Gasteiger charge is -2.16. The highest BCUT2D eigenvalue weighted by Gasteiger charge is 2.24. The normalized spacial score (nSPS) is 13.0. The molecular formula is C27H24F2N6O4. The molecule has 1 N–H and O–H groups in total. The Morgan fingerprint density at radius 3 is 2.49 bits per heavy atom. The number of nitrogens with one attached hydrogen (secondary N) is 1. The van der Waals surface area contributed by atoms with Crippen LogP contribution >= 0.6 is 0 Å². The van der Waals surface area contributed by atoms with Gasteiger partial charge in [0.25, 0.3) is 11.5 Å². The molecule has 1 aliphatic heterocycles. The van der Waals surface area contributed by atoms with E-state index in [0.717, 1.165) is 40.2 Å². The van der Waals surface area contributed by atoms with E-state index in [-0.39, 0.29) is 28.6 Å². The third-order valence-electron chi connectivity index (χ3n) is 6.24. The van der Waals surface area contributed by atoms with Crippen molar-refractivity contribution in [1.82, 2.24) is 24.0 Å². The van der Waals surface area contributed by atoms with Gasteiger partial charge in [0, 0.05) is 37.1 Å². The number of benzene rings is 2. The molecule has 0 aliphatic carbocycles. The lowest BCUT2D eigenvalue weighted by Crippen LogP contribution is -2.42. The minimum absolute atomic E-state index is 0.0625. The van der Waals surface area contributed by atoms with Gasteiger partial charge in [-0.15, -0.1) is 0 Å². The molecule has 1 aliphatic rings. The maximum atomic E-state index is 15.0. The molecule has 0 unspecified atom stereocenters. The number of aromatic nitrogens is 4. The summed E-state index contributed by atoms with van der Waals surface area (Å²) >= 11 is 0. The van der Waals surface area contributed by atoms with E-state index in [1.807, 2.05) is 11.9 Å². The summed E-state index contributed by atoms with van der Waals surface area (Å²) in [5, 5.41) is 2.50. The van der Waals surface area contributed by atoms with Gasteiger partial charge in [-0.1, -0.05) is 0 Å². The number of nitrogens with zero attached hydrogens (tertiary/aromatic N) is 5. The van der Waals surface area contributed by atoms with Crippen LogP contribution in [-0.4, -0.2) is 37.0 Å². The zero-order valence-electron chi connectivity index (χ0n) is 21.3. The average molecular weight is 535 g/mol. The lowest BCUT2D eigenvalue weighted by atomic mass is 10.2. The van der Waals surface area contributed by atoms with Crippen molar-refractivity contribution in [2.24, 2.45) is 0 Å². The van der Waals surface area contributed by atoms with Crippen LogP contribution in [0.15, 0.2) is 64.6 Å². The van der Waals surface area contributed by atoms with Crippen molar-refractivity contribution in [1.29, 1.82) is 0 Å². The Labute approximate surface area is 221 Å². The third kappa shape index (κ3) is 5.06. The van der Waals surface area contributed by atoms with Crippen molar-refractivity contribution in [2.75, 3.05) is 12.4 Å². The molecule has 39 heavy (non-hydrogen) atoms. The summed E-state index contributed by atoms with van der Waals surface area (Å²) in [4.78, 5) is 49.7. The highest BCUT2D eigenvalue weighted by Crippen LogP contribution is 2.32. The first-order valence-electron chi connectivity index (χ1n) is 12.1. The van der Waals surface area contributed by atoms with Gasteiger partial charge in [-0.25, -0.2) is 28.1 Å². The number of hydrogen-bond acceptors (Lipinski definition) is 7. The molecule has 0 atom stereocenters. The number of hydrogen-bond donors (Lipinski definition) is 1. The summed E-state index contributed by atoms with van der Waals surface area (Å²) in [6, 6.07) is 8.16. The highest BCUT2D eigenvalue weighted by molar-refractivity contribution is 6.03. The Morgan fingerprint density at radius 1 is 1.05 bits per heavy atom. The van der Waals surface area contributed by atoms with Gasteiger partial charge in [0.2, 0.25) is 5.88 Å². The summed E-state index contributed by atoms with van der Waals surface area (Å²) in [6.45, 7) is 4.62. The number of amides is 1. The Hall–Kier alpha value is -4.71. The van der Waals surface area contributed by atoms with Crippen LogP contribution in [0.4, 0.5) is 14.5 Å². The van der Waals surface area contributed by atoms with Crippen LogP contribution in [0.5, 0.6) is 11.6 Å². The van der Waals surface area contributed by atoms with E-state index in [2.05, 4.69) is 15.3 Å². The molecule has 0 saturated carbocycles. The van der Waals surface area contributed by atoms with Crippen molar-refractivity contribution in [3.05, 3.63) is 104 Å². The van der Waals surface area contributed by atoms with E-state index in [0.29, 0.717) is 13.1 Å². The molecular weight excluding hydrogens is 510 g/mol. The van der Waals surface area contributed by atoms with E-state index in [9.17, 15) is 23.2 Å². The summed E-state index contributed by atoms with van der Waals surface area (Å²) in [7, 11) is 1.92. The molecule has 0 bridgehead atoms. The largest absolute Gasteiger partial charge is 0.435 e. The number of anilines is 1. The smallest absolute Gasteiger partial charge is 0.335 e. The second-order valence-electron chi connectivity index (χ2n) is 9.42. The van der Waals surface area contributed by atoms with Gasteiger partial charge < -0.3 is 10.1 Å². The molecule has 10 nitrogen and oxygen atoms in total. The molecule has 200 valence electrons. The predicted molar refractivity (Wildman–Crippen MR) is 138 cm³/mol. The van der Waals surface area contributed by atoms with Crippen molar-refractivity contribution in [3.63, 3.8) is 0 Å². The molecule has 3 heterocycles. The van der Waals surface area contributed by atoms with Gasteiger partial charge in [-0.05, 0) is 57.3 Å². The number of rotatable bonds is 6. The number of carbonyl (C=O) groups excluding carboxylic acids is 1. The van der Waals surface area contributed by atoms with E-state index in [4.69, 9.17) is 4.74 Å². The van der Waals surface area contributed by atoms with E-state index in [1.54, 1.807) is 13.8 Å². The SMILES string of the molecule is CC(C)n1cc(C(=O)Nc2ccc(Oc3ncnc4c3CN(C)C4)c(F)c2)c(=O)n(-c2ccc(F)cc2)c1=O. The summed E-state index contributed by atoms with van der Waals surface area (Å²) in [5.41, 5.74) is -0.195. The molecule has 0 radical (unpaired) electrons. The molecule has 4 aromatic rings. The predicted octanol–water partition coefficient (Wildman–Crippen LogP) is 3.64. The minimum Gasteiger partial charge on any atom is -0.435 e. The van der Waals surface area contributed by atoms with Gasteiger partial charge in [0.05, 0.1) is 16.9 Å². The number of carbonyl (C=O) groups is 1. The van der Waals surface area contributed by atoms with E-state index < -0.39 is 34.8 Å². The van der Waals surface area contributed by atoms with Crippen LogP contribution < -0.4 is 21.3 Å². The van der Waals surface area contributed by atoms with Crippen molar-refractivity contribution >= 4 is 11.6 Å². The average Bonchev–Trinajstić information content (AvgIpc) is 3.27. The maximum absolute atomic E-state index is 15.0. The van der Waals surface area contributed by atoms with Crippen LogP contribution in [0.1, 0.15) is 41.5 Å². The van der Waals surface area contributed by atoms with Gasteiger partial charge in [0.15, 0.2) is 11.6 Å². The van der Waals surface area contributed by atoms with Crippen LogP contribution in [0.25, 0.3) is 5.69 Å². The Balaban J connectivity index is 1.44. The molecule has 0 saturated heterocycles. The highest BCUT2D eigenvalue weighted by atomic mass is 19.1. The van der Waals surface area contributed by atoms with Gasteiger partial charge >= 0.3 is 5.69 Å². The Bertz CT molecular complexity index is 1700. The molecule has 0 spiro atoms. The van der Waals surface area contributed by atoms with E-state index >= 15 is 0 Å². The fourth-order valence-corrected chi connectivity index (χ4v) is 4.27. The fourth-order valence-electron chi connectivity index (χ4n) is 4.27. The monoisotopic (exact) mass is 534 g/mol. The van der Waals surface area contributed by atoms with Gasteiger partial charge in [-0.3, -0.25) is 19.1 Å². The van der Waals surface area contributed by atoms with E-state index in [1.165, 1.54) is 35.2 Å². The first kappa shape index (κ1) is 25.9. The lowest BCUT2D eigenvalue weighted by molar-refractivity contribution is 0.102. The van der Waals surface area contributed by atoms with Crippen LogP contribution in [0, 0.1) is 11.6 Å². The molecule has 1 amide bonds. The fraction of sp³-hybridized carbons (Fsp3) is 0.222. The molecule has 12 heteroatoms. The maximum Gasteiger partial charge on any atom is 0.335 e. The second-order valence-corrected chi connectivity index (χ2v) is 9.42. The van der Waals surface area contributed by atoms with Gasteiger partial charge in [-0.2, -0.15) is 0 Å². The molecule has 2 aromatic carbocycles. The van der Waals surface area contributed by atoms with Crippen LogP contribution in [-0.2, 0) is 13.1 Å². The standard InChI is InChI=1S/C27H24F2N6O4/c1-15(2)34-12-20(26(37)35(27(34)38)18-7-4-16(28)5-8-18)24(36)32-17-6-9-23(21(29)10-17)39-25-19-11-33(3)13-22(19)30-14-31-25/h4-10,12,14-15H,11,13H2,1-3H3,(H,32,36). The Morgan fingerprint density at radius 2 is 1.79 bits per heavy atom. The zero-order valence-corrected chi connectivity index (χ0v) is 21.3. The molecule has 5 rings (SSSR count). The van der Waals surface area contributed by atoms with Crippen molar-refractivity contribution in [2.45, 2.75) is 33.0 Å². The van der Waals surface area contributed by atoms with Gasteiger partial charge in [0.1, 0.15) is 17.7 Å². The summed E-state index contributed by atoms with van der Waals surface area (Å²) < 4.78 is 36.1. The topological polar surface area (TPSA) is 111 Å². The third-order valence-corrected chi connectivity index (χ3v) is 6.24. The first-order chi connectivity index (χ1) is 18.6. The Kier molecular flexibility index (Phi) is 6.79. The molecule has 0 fully saturated rings. The second kappa shape index (κ2) is 10.2. The van der Waals surface area contributed by atoms with Crippen molar-refractivity contribution < 1.29 is 18.3 Å². The van der Waals surface area contributed by atoms with Crippen LogP contribution in [0.3, 0.4) is 0 Å². The summed E-state index contributed by atoms with van der Waals surface area (Å²) in [6.07, 6.45) is 2.51. The minimum atomic E-state index is -0.899. The molecule has 2 aromatic heterocycles. The quantitative estimate of drug-likeness (QED) is 0.402. The number of ether oxygens (including phenoxy) is 1. The van der Waals surface area contributed by atoms with Crippen molar-refractivity contribution in [3.8, 4) is 17.3 Å².